The highest BCUT2D eigenvalue weighted by Crippen LogP contribution is 2.26. The lowest BCUT2D eigenvalue weighted by Gasteiger charge is -2.30. The van der Waals surface area contributed by atoms with Crippen molar-refractivity contribution in [3.05, 3.63) is 28.2 Å². The molecule has 1 aromatic carbocycles. The maximum absolute atomic E-state index is 3.59. The molecule has 4 heteroatoms. The number of halogens is 1. The number of nitrogens with zero attached hydrogens (tertiary/aromatic N) is 2. The van der Waals surface area contributed by atoms with Crippen molar-refractivity contribution in [2.45, 2.75) is 39.3 Å². The Morgan fingerprint density at radius 2 is 2.19 bits per heavy atom. The number of hydrogen-bond acceptors (Lipinski definition) is 3. The minimum absolute atomic E-state index is 0.704. The second kappa shape index (κ2) is 8.16. The Balaban J connectivity index is 2.08. The van der Waals surface area contributed by atoms with E-state index in [9.17, 15) is 0 Å². The number of nitrogens with one attached hydrogen (secondary N) is 1. The summed E-state index contributed by atoms with van der Waals surface area (Å²) in [6.07, 6.45) is 2.67. The van der Waals surface area contributed by atoms with E-state index in [4.69, 9.17) is 0 Å². The van der Waals surface area contributed by atoms with Gasteiger partial charge in [-0.25, -0.2) is 0 Å². The van der Waals surface area contributed by atoms with Crippen molar-refractivity contribution in [2.24, 2.45) is 0 Å². The summed E-state index contributed by atoms with van der Waals surface area (Å²) in [6, 6.07) is 7.33. The summed E-state index contributed by atoms with van der Waals surface area (Å²) in [7, 11) is 2.23. The van der Waals surface area contributed by atoms with Crippen molar-refractivity contribution in [1.82, 2.24) is 10.2 Å². The highest BCUT2D eigenvalue weighted by Gasteiger charge is 2.24. The van der Waals surface area contributed by atoms with E-state index >= 15 is 0 Å². The Hall–Kier alpha value is -0.580. The fraction of sp³-hybridized carbons (Fsp3) is 0.647. The zero-order valence-electron chi connectivity index (χ0n) is 13.5. The van der Waals surface area contributed by atoms with E-state index in [2.05, 4.69) is 70.1 Å². The fourth-order valence-corrected chi connectivity index (χ4v) is 3.67. The number of likely N-dealkylation sites (N-methyl/N-ethyl adjacent to an activating group) is 2. The van der Waals surface area contributed by atoms with Crippen LogP contribution in [0.15, 0.2) is 22.7 Å². The van der Waals surface area contributed by atoms with E-state index in [1.54, 1.807) is 0 Å². The number of likely N-dealkylation sites (tertiary alicyclic amines) is 1. The minimum Gasteiger partial charge on any atom is -0.373 e. The minimum atomic E-state index is 0.704. The summed E-state index contributed by atoms with van der Waals surface area (Å²) in [4.78, 5) is 5.04. The number of benzene rings is 1. The first kappa shape index (κ1) is 16.8. The van der Waals surface area contributed by atoms with Crippen molar-refractivity contribution < 1.29 is 0 Å². The van der Waals surface area contributed by atoms with Crippen molar-refractivity contribution >= 4 is 21.6 Å². The molecule has 1 aliphatic heterocycles. The molecule has 1 aliphatic rings. The summed E-state index contributed by atoms with van der Waals surface area (Å²) in [5.41, 5.74) is 2.72. The normalized spacial score (nSPS) is 19.1. The zero-order chi connectivity index (χ0) is 15.2. The standard InChI is InChI=1S/C17H28BrN3/c1-4-19-12-14-11-15(18)8-9-17(14)20(3)13-16-7-6-10-21(16)5-2/h8-9,11,16,19H,4-7,10,12-13H2,1-3H3. The largest absolute Gasteiger partial charge is 0.373 e. The lowest BCUT2D eigenvalue weighted by Crippen LogP contribution is -2.39. The van der Waals surface area contributed by atoms with Crippen LogP contribution in [-0.2, 0) is 6.54 Å². The summed E-state index contributed by atoms with van der Waals surface area (Å²) >= 11 is 3.59. The maximum atomic E-state index is 3.59. The summed E-state index contributed by atoms with van der Waals surface area (Å²) in [5, 5.41) is 3.44. The molecule has 1 aromatic rings. The van der Waals surface area contributed by atoms with Gasteiger partial charge in [0.05, 0.1) is 0 Å². The second-order valence-electron chi connectivity index (χ2n) is 5.86. The van der Waals surface area contributed by atoms with Crippen LogP contribution >= 0.6 is 15.9 Å². The molecule has 21 heavy (non-hydrogen) atoms. The summed E-state index contributed by atoms with van der Waals surface area (Å²) in [6.45, 7) is 9.91. The lowest BCUT2D eigenvalue weighted by atomic mass is 10.1. The fourth-order valence-electron chi connectivity index (χ4n) is 3.26. The quantitative estimate of drug-likeness (QED) is 0.809. The SMILES string of the molecule is CCNCc1cc(Br)ccc1N(C)CC1CCCN1CC. The van der Waals surface area contributed by atoms with E-state index in [-0.39, 0.29) is 0 Å². The van der Waals surface area contributed by atoms with Gasteiger partial charge in [0.1, 0.15) is 0 Å². The van der Waals surface area contributed by atoms with Crippen LogP contribution in [0.1, 0.15) is 32.3 Å². The molecule has 1 atom stereocenters. The average molecular weight is 354 g/mol. The van der Waals surface area contributed by atoms with Crippen LogP contribution in [0, 0.1) is 0 Å². The van der Waals surface area contributed by atoms with Gasteiger partial charge in [-0.05, 0) is 56.2 Å². The predicted octanol–water partition coefficient (Wildman–Crippen LogP) is 3.48. The number of hydrogen-bond donors (Lipinski definition) is 1. The molecule has 1 fully saturated rings. The molecule has 3 nitrogen and oxygen atoms in total. The number of rotatable bonds is 7. The van der Waals surface area contributed by atoms with E-state index < -0.39 is 0 Å². The Morgan fingerprint density at radius 3 is 2.90 bits per heavy atom. The summed E-state index contributed by atoms with van der Waals surface area (Å²) in [5.74, 6) is 0. The topological polar surface area (TPSA) is 18.5 Å². The molecule has 118 valence electrons. The zero-order valence-corrected chi connectivity index (χ0v) is 15.1. The molecule has 1 heterocycles. The maximum Gasteiger partial charge on any atom is 0.0410 e. The van der Waals surface area contributed by atoms with Gasteiger partial charge >= 0.3 is 0 Å². The van der Waals surface area contributed by atoms with Gasteiger partial charge in [-0.15, -0.1) is 0 Å². The van der Waals surface area contributed by atoms with Crippen molar-refractivity contribution in [3.8, 4) is 0 Å². The van der Waals surface area contributed by atoms with E-state index in [1.807, 2.05) is 0 Å². The predicted molar refractivity (Wildman–Crippen MR) is 95.1 cm³/mol. The molecule has 1 unspecified atom stereocenters. The molecular weight excluding hydrogens is 326 g/mol. The van der Waals surface area contributed by atoms with E-state index in [0.29, 0.717) is 6.04 Å². The Bertz CT molecular complexity index is 450. The Kier molecular flexibility index (Phi) is 6.52. The molecule has 2 rings (SSSR count). The van der Waals surface area contributed by atoms with Crippen LogP contribution in [-0.4, -0.2) is 44.2 Å². The molecule has 1 saturated heterocycles. The van der Waals surface area contributed by atoms with E-state index in [1.165, 1.54) is 37.2 Å². The van der Waals surface area contributed by atoms with Gasteiger partial charge in [-0.3, -0.25) is 4.90 Å². The van der Waals surface area contributed by atoms with Crippen molar-refractivity contribution in [1.29, 1.82) is 0 Å². The van der Waals surface area contributed by atoms with Crippen LogP contribution < -0.4 is 10.2 Å². The van der Waals surface area contributed by atoms with Gasteiger partial charge in [-0.2, -0.15) is 0 Å². The Labute approximate surface area is 137 Å². The van der Waals surface area contributed by atoms with Crippen LogP contribution in [0.25, 0.3) is 0 Å². The first-order valence-corrected chi connectivity index (χ1v) is 8.89. The molecule has 1 N–H and O–H groups in total. The monoisotopic (exact) mass is 353 g/mol. The van der Waals surface area contributed by atoms with Gasteiger partial charge in [0.15, 0.2) is 0 Å². The van der Waals surface area contributed by atoms with Crippen LogP contribution in [0.2, 0.25) is 0 Å². The molecular formula is C17H28BrN3. The third-order valence-corrected chi connectivity index (χ3v) is 4.90. The molecule has 0 aliphatic carbocycles. The molecule has 0 amide bonds. The summed E-state index contributed by atoms with van der Waals surface area (Å²) < 4.78 is 1.16. The molecule has 0 spiro atoms. The molecule has 0 bridgehead atoms. The first-order valence-electron chi connectivity index (χ1n) is 8.10. The highest BCUT2D eigenvalue weighted by atomic mass is 79.9. The molecule has 0 radical (unpaired) electrons. The van der Waals surface area contributed by atoms with Gasteiger partial charge < -0.3 is 10.2 Å². The average Bonchev–Trinajstić information content (AvgIpc) is 2.92. The third-order valence-electron chi connectivity index (χ3n) is 4.41. The van der Waals surface area contributed by atoms with Gasteiger partial charge in [0.2, 0.25) is 0 Å². The Morgan fingerprint density at radius 1 is 1.38 bits per heavy atom. The lowest BCUT2D eigenvalue weighted by molar-refractivity contribution is 0.270. The van der Waals surface area contributed by atoms with Crippen molar-refractivity contribution in [2.75, 3.05) is 38.1 Å². The van der Waals surface area contributed by atoms with Crippen LogP contribution in [0.5, 0.6) is 0 Å². The highest BCUT2D eigenvalue weighted by molar-refractivity contribution is 9.10. The van der Waals surface area contributed by atoms with Crippen molar-refractivity contribution in [3.63, 3.8) is 0 Å². The van der Waals surface area contributed by atoms with Gasteiger partial charge in [0, 0.05) is 36.3 Å². The van der Waals surface area contributed by atoms with Crippen LogP contribution in [0.3, 0.4) is 0 Å². The number of anilines is 1. The first-order chi connectivity index (χ1) is 10.2. The second-order valence-corrected chi connectivity index (χ2v) is 6.77. The van der Waals surface area contributed by atoms with Crippen LogP contribution in [0.4, 0.5) is 5.69 Å². The third kappa shape index (κ3) is 4.44. The van der Waals surface area contributed by atoms with E-state index in [0.717, 1.165) is 24.1 Å². The molecule has 0 saturated carbocycles. The van der Waals surface area contributed by atoms with Gasteiger partial charge in [-0.1, -0.05) is 29.8 Å². The van der Waals surface area contributed by atoms with Gasteiger partial charge in [0.25, 0.3) is 0 Å². The smallest absolute Gasteiger partial charge is 0.0410 e. The molecule has 0 aromatic heterocycles.